The Morgan fingerprint density at radius 1 is 1.10 bits per heavy atom. The molecule has 0 heterocycles. The maximum absolute atomic E-state index is 17.0. The van der Waals surface area contributed by atoms with Crippen LogP contribution in [0, 0.1) is 28.6 Å². The average molecular weight is 405 g/mol. The normalized spacial score (nSPS) is 48.8. The van der Waals surface area contributed by atoms with Crippen LogP contribution in [0.15, 0.2) is 11.6 Å². The number of esters is 1. The molecule has 4 nitrogen and oxygen atoms in total. The molecule has 0 bridgehead atoms. The van der Waals surface area contributed by atoms with Crippen LogP contribution in [-0.2, 0) is 19.1 Å². The van der Waals surface area contributed by atoms with E-state index in [1.165, 1.54) is 13.8 Å². The smallest absolute Gasteiger partial charge is 0.303 e. The number of rotatable bonds is 2. The fourth-order valence-electron chi connectivity index (χ4n) is 7.90. The highest BCUT2D eigenvalue weighted by Crippen LogP contribution is 2.71. The Morgan fingerprint density at radius 3 is 2.41 bits per heavy atom. The van der Waals surface area contributed by atoms with Crippen molar-refractivity contribution in [3.63, 3.8) is 0 Å². The summed E-state index contributed by atoms with van der Waals surface area (Å²) in [6, 6.07) is 0. The van der Waals surface area contributed by atoms with Gasteiger partial charge in [-0.05, 0) is 69.3 Å². The van der Waals surface area contributed by atoms with Crippen molar-refractivity contribution in [2.24, 2.45) is 28.6 Å². The number of hydrogen-bond acceptors (Lipinski definition) is 4. The van der Waals surface area contributed by atoms with E-state index in [4.69, 9.17) is 4.74 Å². The molecule has 0 N–H and O–H groups in total. The standard InChI is InChI=1S/C24H33FO4/c1-14-12-20-18-7-9-24(15(2)26,29-16(3)27)22(18,5)10-11-23(20,25)21(4)8-6-17(28)13-19(14)21/h13-14,18,20H,6-12H2,1-5H3/t14-,18-,20-,21-,22-,23+,24-/m0/s1. The van der Waals surface area contributed by atoms with Crippen LogP contribution in [0.3, 0.4) is 0 Å². The molecule has 0 radical (unpaired) electrons. The Morgan fingerprint density at radius 2 is 1.79 bits per heavy atom. The fourth-order valence-corrected chi connectivity index (χ4v) is 7.90. The van der Waals surface area contributed by atoms with Gasteiger partial charge in [-0.3, -0.25) is 14.4 Å². The predicted molar refractivity (Wildman–Crippen MR) is 107 cm³/mol. The van der Waals surface area contributed by atoms with E-state index in [9.17, 15) is 14.4 Å². The zero-order valence-corrected chi connectivity index (χ0v) is 18.3. The Bertz CT molecular complexity index is 818. The Hall–Kier alpha value is -1.52. The van der Waals surface area contributed by atoms with Crippen molar-refractivity contribution < 1.29 is 23.5 Å². The topological polar surface area (TPSA) is 60.4 Å². The first kappa shape index (κ1) is 20.7. The average Bonchev–Trinajstić information content (AvgIpc) is 2.92. The summed E-state index contributed by atoms with van der Waals surface area (Å²) in [6.45, 7) is 9.01. The lowest BCUT2D eigenvalue weighted by atomic mass is 9.43. The highest BCUT2D eigenvalue weighted by atomic mass is 19.1. The quantitative estimate of drug-likeness (QED) is 0.623. The number of carbonyl (C=O) groups is 3. The van der Waals surface area contributed by atoms with Crippen molar-refractivity contribution in [3.05, 3.63) is 11.6 Å². The van der Waals surface area contributed by atoms with Gasteiger partial charge < -0.3 is 4.74 Å². The molecule has 3 fully saturated rings. The van der Waals surface area contributed by atoms with Crippen LogP contribution in [0.4, 0.5) is 4.39 Å². The van der Waals surface area contributed by atoms with E-state index in [2.05, 4.69) is 6.92 Å². The van der Waals surface area contributed by atoms with Gasteiger partial charge in [-0.15, -0.1) is 0 Å². The van der Waals surface area contributed by atoms with E-state index >= 15 is 4.39 Å². The molecule has 0 aromatic carbocycles. The monoisotopic (exact) mass is 404 g/mol. The van der Waals surface area contributed by atoms with Crippen molar-refractivity contribution in [2.45, 2.75) is 90.8 Å². The summed E-state index contributed by atoms with van der Waals surface area (Å²) in [5.41, 5.74) is -2.74. The van der Waals surface area contributed by atoms with Gasteiger partial charge in [0.1, 0.15) is 5.67 Å². The maximum Gasteiger partial charge on any atom is 0.303 e. The van der Waals surface area contributed by atoms with E-state index in [1.54, 1.807) is 6.08 Å². The lowest BCUT2D eigenvalue weighted by Gasteiger charge is -2.63. The minimum atomic E-state index is -1.39. The summed E-state index contributed by atoms with van der Waals surface area (Å²) in [5, 5.41) is 0. The van der Waals surface area contributed by atoms with Crippen LogP contribution in [-0.4, -0.2) is 28.8 Å². The third-order valence-corrected chi connectivity index (χ3v) is 9.40. The number of allylic oxidation sites excluding steroid dienone is 1. The third kappa shape index (κ3) is 2.45. The van der Waals surface area contributed by atoms with Gasteiger partial charge in [0.05, 0.1) is 0 Å². The van der Waals surface area contributed by atoms with Crippen LogP contribution in [0.2, 0.25) is 0 Å². The van der Waals surface area contributed by atoms with Crippen LogP contribution in [0.5, 0.6) is 0 Å². The van der Waals surface area contributed by atoms with Crippen LogP contribution < -0.4 is 0 Å². The molecular formula is C24H33FO4. The molecule has 5 heteroatoms. The molecule has 0 aliphatic heterocycles. The highest BCUT2D eigenvalue weighted by molar-refractivity contribution is 5.92. The van der Waals surface area contributed by atoms with Crippen LogP contribution in [0.1, 0.15) is 79.6 Å². The molecule has 4 rings (SSSR count). The summed E-state index contributed by atoms with van der Waals surface area (Å²) in [7, 11) is 0. The summed E-state index contributed by atoms with van der Waals surface area (Å²) in [5.74, 6) is -0.520. The molecule has 0 unspecified atom stereocenters. The van der Waals surface area contributed by atoms with E-state index in [0.29, 0.717) is 44.9 Å². The minimum Gasteiger partial charge on any atom is -0.451 e. The lowest BCUT2D eigenvalue weighted by Crippen LogP contribution is -2.65. The Balaban J connectivity index is 1.79. The van der Waals surface area contributed by atoms with Crippen LogP contribution >= 0.6 is 0 Å². The molecule has 4 aliphatic rings. The van der Waals surface area contributed by atoms with Crippen molar-refractivity contribution in [3.8, 4) is 0 Å². The minimum absolute atomic E-state index is 0.0112. The van der Waals surface area contributed by atoms with Gasteiger partial charge in [-0.25, -0.2) is 4.39 Å². The van der Waals surface area contributed by atoms with E-state index in [1.807, 2.05) is 13.8 Å². The largest absolute Gasteiger partial charge is 0.451 e. The first-order valence-corrected chi connectivity index (χ1v) is 11.1. The zero-order valence-electron chi connectivity index (χ0n) is 18.3. The van der Waals surface area contributed by atoms with Crippen molar-refractivity contribution in [1.29, 1.82) is 0 Å². The molecule has 160 valence electrons. The number of ether oxygens (including phenoxy) is 1. The first-order valence-electron chi connectivity index (χ1n) is 11.1. The third-order valence-electron chi connectivity index (χ3n) is 9.40. The first-order chi connectivity index (χ1) is 13.4. The summed E-state index contributed by atoms with van der Waals surface area (Å²) in [6.07, 6.45) is 5.38. The van der Waals surface area contributed by atoms with Gasteiger partial charge in [0.2, 0.25) is 0 Å². The molecule has 4 aliphatic carbocycles. The predicted octanol–water partition coefficient (Wildman–Crippen LogP) is 4.75. The summed E-state index contributed by atoms with van der Waals surface area (Å²) < 4.78 is 22.8. The summed E-state index contributed by atoms with van der Waals surface area (Å²) >= 11 is 0. The van der Waals surface area contributed by atoms with Gasteiger partial charge in [0.15, 0.2) is 17.2 Å². The molecule has 29 heavy (non-hydrogen) atoms. The molecule has 0 aromatic heterocycles. The molecule has 3 saturated carbocycles. The number of carbonyl (C=O) groups excluding carboxylic acids is 3. The number of Topliss-reactive ketones (excluding diaryl/α,β-unsaturated/α-hetero) is 1. The molecule has 0 saturated heterocycles. The number of ketones is 2. The molecule has 0 aromatic rings. The number of fused-ring (bicyclic) bond motifs is 5. The fraction of sp³-hybridized carbons (Fsp3) is 0.792. The number of halogens is 1. The zero-order chi connectivity index (χ0) is 21.4. The van der Waals surface area contributed by atoms with Crippen molar-refractivity contribution >= 4 is 17.5 Å². The van der Waals surface area contributed by atoms with Crippen molar-refractivity contribution in [2.75, 3.05) is 0 Å². The van der Waals surface area contributed by atoms with Crippen LogP contribution in [0.25, 0.3) is 0 Å². The van der Waals surface area contributed by atoms with E-state index in [-0.39, 0.29) is 29.3 Å². The Kier molecular flexibility index (Phi) is 4.46. The molecule has 7 atom stereocenters. The molecule has 0 spiro atoms. The number of hydrogen-bond donors (Lipinski definition) is 0. The van der Waals surface area contributed by atoms with Gasteiger partial charge in [-0.1, -0.05) is 26.3 Å². The second kappa shape index (κ2) is 6.24. The molecular weight excluding hydrogens is 371 g/mol. The highest BCUT2D eigenvalue weighted by Gasteiger charge is 2.73. The van der Waals surface area contributed by atoms with E-state index in [0.717, 1.165) is 5.57 Å². The second-order valence-corrected chi connectivity index (χ2v) is 10.5. The van der Waals surface area contributed by atoms with Gasteiger partial charge in [0, 0.05) is 24.2 Å². The molecule has 0 amide bonds. The van der Waals surface area contributed by atoms with Crippen molar-refractivity contribution in [1.82, 2.24) is 0 Å². The maximum atomic E-state index is 17.0. The van der Waals surface area contributed by atoms with Gasteiger partial charge in [-0.2, -0.15) is 0 Å². The van der Waals surface area contributed by atoms with Gasteiger partial charge in [0.25, 0.3) is 0 Å². The van der Waals surface area contributed by atoms with Gasteiger partial charge >= 0.3 is 5.97 Å². The second-order valence-electron chi connectivity index (χ2n) is 10.5. The lowest BCUT2D eigenvalue weighted by molar-refractivity contribution is -0.201. The SMILES string of the molecule is CC(=O)O[C@]1(C(C)=O)CC[C@H]2[C@@H]3C[C@H](C)C4=CC(=O)CC[C@]4(C)[C@@]3(F)CC[C@@]21C. The number of alkyl halides is 1. The summed E-state index contributed by atoms with van der Waals surface area (Å²) in [4.78, 5) is 36.8. The van der Waals surface area contributed by atoms with E-state index < -0.39 is 28.1 Å². The Labute approximate surface area is 172 Å².